The smallest absolute Gasteiger partial charge is 0.338 e. The Morgan fingerprint density at radius 3 is 2.93 bits per heavy atom. The molecule has 3 rings (SSSR count). The highest BCUT2D eigenvalue weighted by molar-refractivity contribution is 6.32. The van der Waals surface area contributed by atoms with E-state index in [1.165, 1.54) is 0 Å². The molecule has 1 saturated heterocycles. The number of halogens is 1. The molecule has 0 amide bonds. The monoisotopic (exact) mass is 210 g/mol. The Balaban J connectivity index is 2.16. The van der Waals surface area contributed by atoms with Gasteiger partial charge in [0.05, 0.1) is 17.2 Å². The second-order valence-corrected chi connectivity index (χ2v) is 3.77. The number of epoxide rings is 1. The van der Waals surface area contributed by atoms with E-state index in [9.17, 15) is 4.79 Å². The van der Waals surface area contributed by atoms with Crippen LogP contribution in [0.2, 0.25) is 5.02 Å². The van der Waals surface area contributed by atoms with Crippen LogP contribution < -0.4 is 0 Å². The summed E-state index contributed by atoms with van der Waals surface area (Å²) in [7, 11) is 0. The first-order valence-electron chi connectivity index (χ1n) is 4.37. The van der Waals surface area contributed by atoms with Crippen LogP contribution in [0.25, 0.3) is 0 Å². The Morgan fingerprint density at radius 2 is 2.21 bits per heavy atom. The number of hydrogen-bond donors (Lipinski definition) is 0. The zero-order valence-electron chi connectivity index (χ0n) is 7.25. The van der Waals surface area contributed by atoms with Crippen molar-refractivity contribution in [3.63, 3.8) is 0 Å². The molecule has 72 valence electrons. The number of hydrogen-bond acceptors (Lipinski definition) is 3. The van der Waals surface area contributed by atoms with Gasteiger partial charge in [0.15, 0.2) is 0 Å². The lowest BCUT2D eigenvalue weighted by atomic mass is 10.0. The van der Waals surface area contributed by atoms with Crippen molar-refractivity contribution in [2.75, 3.05) is 6.61 Å². The molecule has 0 bridgehead atoms. The van der Waals surface area contributed by atoms with Crippen molar-refractivity contribution in [2.24, 2.45) is 0 Å². The number of carbonyl (C=O) groups excluding carboxylic acids is 1. The fraction of sp³-hybridized carbons (Fsp3) is 0.300. The van der Waals surface area contributed by atoms with Gasteiger partial charge in [-0.2, -0.15) is 0 Å². The maximum absolute atomic E-state index is 11.2. The van der Waals surface area contributed by atoms with E-state index in [4.69, 9.17) is 21.1 Å². The van der Waals surface area contributed by atoms with Crippen molar-refractivity contribution < 1.29 is 14.3 Å². The van der Waals surface area contributed by atoms with E-state index in [1.807, 2.05) is 6.07 Å². The number of cyclic esters (lactones) is 1. The van der Waals surface area contributed by atoms with E-state index in [0.717, 1.165) is 11.1 Å². The van der Waals surface area contributed by atoms with Crippen LogP contribution in [-0.2, 0) is 16.1 Å². The predicted molar refractivity (Wildman–Crippen MR) is 49.3 cm³/mol. The molecule has 1 aromatic carbocycles. The second-order valence-electron chi connectivity index (χ2n) is 3.39. The van der Waals surface area contributed by atoms with Crippen LogP contribution in [0.1, 0.15) is 27.6 Å². The van der Waals surface area contributed by atoms with Crippen LogP contribution in [0, 0.1) is 0 Å². The molecule has 2 aliphatic heterocycles. The minimum Gasteiger partial charge on any atom is -0.457 e. The summed E-state index contributed by atoms with van der Waals surface area (Å²) >= 11 is 6.14. The number of rotatable bonds is 1. The lowest BCUT2D eigenvalue weighted by molar-refractivity contribution is 0.0535. The molecule has 1 aromatic rings. The maximum atomic E-state index is 11.2. The topological polar surface area (TPSA) is 38.8 Å². The number of ether oxygens (including phenoxy) is 2. The molecule has 0 aromatic heterocycles. The van der Waals surface area contributed by atoms with E-state index >= 15 is 0 Å². The van der Waals surface area contributed by atoms with Crippen molar-refractivity contribution in [3.8, 4) is 0 Å². The summed E-state index contributed by atoms with van der Waals surface area (Å²) < 4.78 is 10.0. The van der Waals surface area contributed by atoms with E-state index in [2.05, 4.69) is 0 Å². The highest BCUT2D eigenvalue weighted by Gasteiger charge is 2.32. The Hall–Kier alpha value is -1.06. The van der Waals surface area contributed by atoms with Gasteiger partial charge in [0.1, 0.15) is 12.7 Å². The second kappa shape index (κ2) is 2.72. The van der Waals surface area contributed by atoms with Crippen molar-refractivity contribution >= 4 is 17.6 Å². The highest BCUT2D eigenvalue weighted by atomic mass is 35.5. The first kappa shape index (κ1) is 8.26. The summed E-state index contributed by atoms with van der Waals surface area (Å²) in [6.45, 7) is 1.00. The zero-order chi connectivity index (χ0) is 9.71. The Labute approximate surface area is 85.6 Å². The Kier molecular flexibility index (Phi) is 1.60. The van der Waals surface area contributed by atoms with Gasteiger partial charge in [-0.3, -0.25) is 0 Å². The van der Waals surface area contributed by atoms with Crippen molar-refractivity contribution in [1.29, 1.82) is 0 Å². The van der Waals surface area contributed by atoms with Crippen molar-refractivity contribution in [1.82, 2.24) is 0 Å². The minimum absolute atomic E-state index is 0.114. The van der Waals surface area contributed by atoms with Gasteiger partial charge in [0.25, 0.3) is 0 Å². The third-order valence-corrected chi connectivity index (χ3v) is 2.97. The first-order chi connectivity index (χ1) is 6.77. The zero-order valence-corrected chi connectivity index (χ0v) is 8.00. The van der Waals surface area contributed by atoms with Gasteiger partial charge in [0, 0.05) is 11.1 Å². The summed E-state index contributed by atoms with van der Waals surface area (Å²) in [5.41, 5.74) is 2.34. The lowest BCUT2D eigenvalue weighted by Crippen LogP contribution is -1.94. The fourth-order valence-corrected chi connectivity index (χ4v) is 2.00. The molecule has 0 radical (unpaired) electrons. The summed E-state index contributed by atoms with van der Waals surface area (Å²) in [6.07, 6.45) is 0.114. The lowest BCUT2D eigenvalue weighted by Gasteiger charge is -2.03. The SMILES string of the molecule is O=C1OCc2c1ccc([C@@H]1CO1)c2Cl. The molecular weight excluding hydrogens is 204 g/mol. The molecule has 0 spiro atoms. The van der Waals surface area contributed by atoms with Crippen LogP contribution >= 0.6 is 11.6 Å². The standard InChI is InChI=1S/C10H7ClO3/c11-9-6(8-4-13-8)2-1-5-7(9)3-14-10(5)12/h1-2,8H,3-4H2/t8-/m0/s1. The Bertz CT molecular complexity index is 424. The third-order valence-electron chi connectivity index (χ3n) is 2.52. The molecule has 14 heavy (non-hydrogen) atoms. The average Bonchev–Trinajstić information content (AvgIpc) is 2.93. The molecule has 1 fully saturated rings. The summed E-state index contributed by atoms with van der Waals surface area (Å²) in [6, 6.07) is 3.60. The average molecular weight is 211 g/mol. The van der Waals surface area contributed by atoms with Gasteiger partial charge < -0.3 is 9.47 Å². The number of esters is 1. The largest absolute Gasteiger partial charge is 0.457 e. The molecule has 0 aliphatic carbocycles. The van der Waals surface area contributed by atoms with Crippen LogP contribution in [0.4, 0.5) is 0 Å². The van der Waals surface area contributed by atoms with Crippen molar-refractivity contribution in [2.45, 2.75) is 12.7 Å². The van der Waals surface area contributed by atoms with E-state index in [0.29, 0.717) is 17.2 Å². The number of benzene rings is 1. The van der Waals surface area contributed by atoms with E-state index in [-0.39, 0.29) is 18.7 Å². The molecular formula is C10H7ClO3. The molecule has 3 nitrogen and oxygen atoms in total. The number of carbonyl (C=O) groups is 1. The van der Waals surface area contributed by atoms with Gasteiger partial charge >= 0.3 is 5.97 Å². The number of fused-ring (bicyclic) bond motifs is 1. The molecule has 2 aliphatic rings. The molecule has 1 atom stereocenters. The van der Waals surface area contributed by atoms with Gasteiger partial charge in [0.2, 0.25) is 0 Å². The quantitative estimate of drug-likeness (QED) is 0.526. The van der Waals surface area contributed by atoms with Crippen LogP contribution in [0.5, 0.6) is 0 Å². The van der Waals surface area contributed by atoms with Crippen LogP contribution in [0.3, 0.4) is 0 Å². The Morgan fingerprint density at radius 1 is 1.43 bits per heavy atom. The first-order valence-corrected chi connectivity index (χ1v) is 4.75. The van der Waals surface area contributed by atoms with Crippen molar-refractivity contribution in [3.05, 3.63) is 33.8 Å². The van der Waals surface area contributed by atoms with E-state index in [1.54, 1.807) is 6.07 Å². The van der Waals surface area contributed by atoms with Gasteiger partial charge in [-0.1, -0.05) is 17.7 Å². The summed E-state index contributed by atoms with van der Waals surface area (Å²) in [5, 5.41) is 0.621. The van der Waals surface area contributed by atoms with Gasteiger partial charge in [-0.25, -0.2) is 4.79 Å². The molecule has 2 heterocycles. The normalized spacial score (nSPS) is 23.2. The van der Waals surface area contributed by atoms with E-state index < -0.39 is 0 Å². The fourth-order valence-electron chi connectivity index (χ4n) is 1.66. The highest BCUT2D eigenvalue weighted by Crippen LogP contribution is 2.39. The predicted octanol–water partition coefficient (Wildman–Crippen LogP) is 2.08. The molecule has 0 N–H and O–H groups in total. The summed E-state index contributed by atoms with van der Waals surface area (Å²) in [5.74, 6) is -0.287. The third kappa shape index (κ3) is 1.06. The van der Waals surface area contributed by atoms with Crippen LogP contribution in [0.15, 0.2) is 12.1 Å². The summed E-state index contributed by atoms with van der Waals surface area (Å²) in [4.78, 5) is 11.2. The maximum Gasteiger partial charge on any atom is 0.338 e. The molecule has 4 heteroatoms. The van der Waals surface area contributed by atoms with Gasteiger partial charge in [-0.05, 0) is 6.07 Å². The van der Waals surface area contributed by atoms with Gasteiger partial charge in [-0.15, -0.1) is 0 Å². The van der Waals surface area contributed by atoms with Crippen LogP contribution in [-0.4, -0.2) is 12.6 Å². The molecule has 0 unspecified atom stereocenters. The minimum atomic E-state index is -0.287. The molecule has 0 saturated carbocycles.